The number of para-hydroxylation sites is 1. The van der Waals surface area contributed by atoms with Crippen molar-refractivity contribution < 1.29 is 4.79 Å². The molecule has 0 spiro atoms. The van der Waals surface area contributed by atoms with Crippen molar-refractivity contribution in [2.24, 2.45) is 0 Å². The van der Waals surface area contributed by atoms with Gasteiger partial charge in [0.05, 0.1) is 18.3 Å². The average Bonchev–Trinajstić information content (AvgIpc) is 2.92. The molecule has 1 aromatic carbocycles. The third-order valence-corrected chi connectivity index (χ3v) is 6.05. The third-order valence-electron chi connectivity index (χ3n) is 4.81. The van der Waals surface area contributed by atoms with Crippen LogP contribution in [-0.2, 0) is 30.7 Å². The lowest BCUT2D eigenvalue weighted by atomic mass is 10.1. The van der Waals surface area contributed by atoms with Gasteiger partial charge in [-0.15, -0.1) is 11.3 Å². The van der Waals surface area contributed by atoms with E-state index in [1.165, 1.54) is 47.2 Å². The van der Waals surface area contributed by atoms with E-state index in [1.54, 1.807) is 10.7 Å². The number of hydrogen-bond donors (Lipinski definition) is 1. The maximum atomic E-state index is 12.4. The van der Waals surface area contributed by atoms with E-state index in [2.05, 4.69) is 16.5 Å². The first-order valence-electron chi connectivity index (χ1n) is 9.03. The minimum atomic E-state index is -0.127. The Bertz CT molecular complexity index is 982. The predicted molar refractivity (Wildman–Crippen MR) is 103 cm³/mol. The lowest BCUT2D eigenvalue weighted by Crippen LogP contribution is -2.28. The van der Waals surface area contributed by atoms with Crippen molar-refractivity contribution in [2.45, 2.75) is 45.2 Å². The summed E-state index contributed by atoms with van der Waals surface area (Å²) in [4.78, 5) is 26.9. The Morgan fingerprint density at radius 2 is 2.04 bits per heavy atom. The summed E-state index contributed by atoms with van der Waals surface area (Å²) in [6, 6.07) is 9.48. The van der Waals surface area contributed by atoms with Crippen LogP contribution in [0.5, 0.6) is 0 Å². The second-order valence-corrected chi connectivity index (χ2v) is 7.90. The lowest BCUT2D eigenvalue weighted by Gasteiger charge is -2.09. The van der Waals surface area contributed by atoms with Crippen molar-refractivity contribution >= 4 is 28.1 Å². The van der Waals surface area contributed by atoms with E-state index in [0.717, 1.165) is 6.42 Å². The number of nitrogens with one attached hydrogen (secondary N) is 1. The quantitative estimate of drug-likeness (QED) is 0.721. The number of fused-ring (bicyclic) bond motifs is 2. The summed E-state index contributed by atoms with van der Waals surface area (Å²) in [6.45, 7) is 0.653. The number of aromatic nitrogens is 2. The van der Waals surface area contributed by atoms with Gasteiger partial charge >= 0.3 is 0 Å². The number of nitrogens with zero attached hydrogens (tertiary/aromatic N) is 2. The van der Waals surface area contributed by atoms with E-state index >= 15 is 0 Å². The third kappa shape index (κ3) is 3.55. The van der Waals surface area contributed by atoms with E-state index in [9.17, 15) is 9.59 Å². The molecular weight excluding hydrogens is 346 g/mol. The molecule has 2 aromatic heterocycles. The molecule has 1 amide bonds. The van der Waals surface area contributed by atoms with Crippen molar-refractivity contribution in [1.29, 1.82) is 0 Å². The van der Waals surface area contributed by atoms with Crippen LogP contribution in [0.15, 0.2) is 41.3 Å². The SMILES string of the molecule is O=C(Cn1ncc(=O)c2ccccc21)NCc1cc2c(s1)CCCCC2. The van der Waals surface area contributed by atoms with Crippen LogP contribution in [-0.4, -0.2) is 15.7 Å². The normalized spacial score (nSPS) is 14.0. The maximum Gasteiger partial charge on any atom is 0.242 e. The van der Waals surface area contributed by atoms with Crippen LogP contribution in [0.4, 0.5) is 0 Å². The first kappa shape index (κ1) is 17.0. The fourth-order valence-electron chi connectivity index (χ4n) is 3.48. The van der Waals surface area contributed by atoms with Crippen molar-refractivity contribution in [3.63, 3.8) is 0 Å². The van der Waals surface area contributed by atoms with Gasteiger partial charge in [-0.25, -0.2) is 0 Å². The van der Waals surface area contributed by atoms with Gasteiger partial charge in [0.15, 0.2) is 0 Å². The minimum absolute atomic E-state index is 0.102. The molecular formula is C20H21N3O2S. The Kier molecular flexibility index (Phi) is 4.84. The first-order valence-corrected chi connectivity index (χ1v) is 9.84. The zero-order chi connectivity index (χ0) is 17.9. The topological polar surface area (TPSA) is 64.0 Å². The van der Waals surface area contributed by atoms with E-state index in [-0.39, 0.29) is 17.9 Å². The molecule has 1 aliphatic carbocycles. The summed E-state index contributed by atoms with van der Waals surface area (Å²) in [6.07, 6.45) is 7.44. The highest BCUT2D eigenvalue weighted by Gasteiger charge is 2.13. The van der Waals surface area contributed by atoms with Gasteiger partial charge in [-0.05, 0) is 49.4 Å². The molecule has 0 fully saturated rings. The predicted octanol–water partition coefficient (Wildman–Crippen LogP) is 3.04. The molecule has 0 bridgehead atoms. The van der Waals surface area contributed by atoms with E-state index in [1.807, 2.05) is 29.5 Å². The molecule has 0 unspecified atom stereocenters. The van der Waals surface area contributed by atoms with Gasteiger partial charge in [0.2, 0.25) is 11.3 Å². The zero-order valence-corrected chi connectivity index (χ0v) is 15.3. The first-order chi connectivity index (χ1) is 12.7. The number of benzene rings is 1. The van der Waals surface area contributed by atoms with Crippen molar-refractivity contribution in [2.75, 3.05) is 0 Å². The number of carbonyl (C=O) groups excluding carboxylic acids is 1. The monoisotopic (exact) mass is 367 g/mol. The number of aryl methyl sites for hydroxylation is 2. The molecule has 6 heteroatoms. The van der Waals surface area contributed by atoms with Crippen LogP contribution in [0, 0.1) is 0 Å². The van der Waals surface area contributed by atoms with Gasteiger partial charge < -0.3 is 5.32 Å². The number of carbonyl (C=O) groups is 1. The Hall–Kier alpha value is -2.47. The molecule has 0 saturated heterocycles. The minimum Gasteiger partial charge on any atom is -0.350 e. The summed E-state index contributed by atoms with van der Waals surface area (Å²) < 4.78 is 1.58. The fourth-order valence-corrected chi connectivity index (χ4v) is 4.68. The van der Waals surface area contributed by atoms with Gasteiger partial charge in [0.25, 0.3) is 0 Å². The van der Waals surface area contributed by atoms with Gasteiger partial charge in [-0.1, -0.05) is 18.6 Å². The maximum absolute atomic E-state index is 12.4. The molecule has 5 nitrogen and oxygen atoms in total. The molecule has 134 valence electrons. The average molecular weight is 367 g/mol. The summed E-state index contributed by atoms with van der Waals surface area (Å²) in [5, 5.41) is 7.68. The van der Waals surface area contributed by atoms with Crippen molar-refractivity contribution in [1.82, 2.24) is 15.1 Å². The number of amides is 1. The Balaban J connectivity index is 1.44. The Morgan fingerprint density at radius 3 is 2.96 bits per heavy atom. The van der Waals surface area contributed by atoms with Crippen molar-refractivity contribution in [3.05, 3.63) is 62.1 Å². The highest BCUT2D eigenvalue weighted by Crippen LogP contribution is 2.28. The zero-order valence-electron chi connectivity index (χ0n) is 14.5. The highest BCUT2D eigenvalue weighted by molar-refractivity contribution is 7.12. The molecule has 1 N–H and O–H groups in total. The van der Waals surface area contributed by atoms with Crippen LogP contribution in [0.25, 0.3) is 10.9 Å². The molecule has 0 aliphatic heterocycles. The number of hydrogen-bond acceptors (Lipinski definition) is 4. The van der Waals surface area contributed by atoms with Gasteiger partial charge in [0.1, 0.15) is 6.54 Å². The molecule has 0 saturated carbocycles. The summed E-state index contributed by atoms with van der Waals surface area (Å²) in [5.41, 5.74) is 2.01. The number of thiophene rings is 1. The molecule has 0 radical (unpaired) electrons. The molecule has 4 rings (SSSR count). The fraction of sp³-hybridized carbons (Fsp3) is 0.350. The second-order valence-electron chi connectivity index (χ2n) is 6.68. The Morgan fingerprint density at radius 1 is 1.19 bits per heavy atom. The molecule has 3 aromatic rings. The molecule has 1 aliphatic rings. The van der Waals surface area contributed by atoms with Crippen LogP contribution in [0.3, 0.4) is 0 Å². The summed E-state index contributed by atoms with van der Waals surface area (Å²) >= 11 is 1.82. The Labute approximate surface area is 155 Å². The van der Waals surface area contributed by atoms with Crippen LogP contribution >= 0.6 is 11.3 Å². The van der Waals surface area contributed by atoms with Crippen LogP contribution in [0.2, 0.25) is 0 Å². The van der Waals surface area contributed by atoms with Crippen molar-refractivity contribution in [3.8, 4) is 0 Å². The van der Waals surface area contributed by atoms with E-state index in [4.69, 9.17) is 0 Å². The summed E-state index contributed by atoms with van der Waals surface area (Å²) in [5.74, 6) is -0.102. The molecule has 2 heterocycles. The highest BCUT2D eigenvalue weighted by atomic mass is 32.1. The van der Waals surface area contributed by atoms with E-state index in [0.29, 0.717) is 17.4 Å². The molecule has 26 heavy (non-hydrogen) atoms. The van der Waals surface area contributed by atoms with E-state index < -0.39 is 0 Å². The van der Waals surface area contributed by atoms with Crippen LogP contribution < -0.4 is 10.7 Å². The number of rotatable bonds is 4. The van der Waals surface area contributed by atoms with Gasteiger partial charge in [-0.3, -0.25) is 14.3 Å². The standard InChI is InChI=1S/C20H21N3O2S/c24-18-12-22-23(17-8-5-4-7-16(17)18)13-20(25)21-11-15-10-14-6-2-1-3-9-19(14)26-15/h4-5,7-8,10,12H,1-3,6,9,11,13H2,(H,21,25). The second kappa shape index (κ2) is 7.41. The lowest BCUT2D eigenvalue weighted by molar-refractivity contribution is -0.121. The van der Waals surface area contributed by atoms with Crippen LogP contribution in [0.1, 0.15) is 34.6 Å². The van der Waals surface area contributed by atoms with Gasteiger partial charge in [-0.2, -0.15) is 5.10 Å². The molecule has 0 atom stereocenters. The smallest absolute Gasteiger partial charge is 0.242 e. The largest absolute Gasteiger partial charge is 0.350 e. The van der Waals surface area contributed by atoms with Gasteiger partial charge in [0, 0.05) is 15.1 Å². The summed E-state index contributed by atoms with van der Waals surface area (Å²) in [7, 11) is 0.